The highest BCUT2D eigenvalue weighted by Gasteiger charge is 2.52. The first-order valence-corrected chi connectivity index (χ1v) is 16.6. The number of ketones is 1. The van der Waals surface area contributed by atoms with Gasteiger partial charge in [-0.1, -0.05) is 59.8 Å². The maximum Gasteiger partial charge on any atom is 0.287 e. The van der Waals surface area contributed by atoms with Gasteiger partial charge in [-0.3, -0.25) is 33.8 Å². The van der Waals surface area contributed by atoms with E-state index in [1.54, 1.807) is 4.90 Å². The van der Waals surface area contributed by atoms with Crippen molar-refractivity contribution >= 4 is 35.3 Å². The summed E-state index contributed by atoms with van der Waals surface area (Å²) in [5, 5.41) is 8.57. The highest BCUT2D eigenvalue weighted by atomic mass is 16.2. The number of Topliss-reactive ketones (excluding diaryl/α,β-unsaturated/α-hetero) is 1. The molecular formula is C33H49N7O6. The number of primary amides is 1. The number of hydrogen-bond donors (Lipinski definition) is 4. The topological polar surface area (TPSA) is 194 Å². The van der Waals surface area contributed by atoms with Gasteiger partial charge in [0.05, 0.1) is 12.2 Å². The van der Waals surface area contributed by atoms with E-state index in [1.807, 2.05) is 27.7 Å². The average Bonchev–Trinajstić information content (AvgIpc) is 3.63. The monoisotopic (exact) mass is 639 g/mol. The molecule has 0 spiro atoms. The molecule has 1 saturated heterocycles. The third kappa shape index (κ3) is 8.08. The van der Waals surface area contributed by atoms with Gasteiger partial charge in [0.1, 0.15) is 23.8 Å². The Kier molecular flexibility index (Phi) is 11.5. The molecular weight excluding hydrogens is 590 g/mol. The van der Waals surface area contributed by atoms with Crippen molar-refractivity contribution in [2.45, 2.75) is 116 Å². The van der Waals surface area contributed by atoms with Crippen LogP contribution in [-0.4, -0.2) is 80.9 Å². The summed E-state index contributed by atoms with van der Waals surface area (Å²) in [6.07, 6.45) is 12.0. The first kappa shape index (κ1) is 35.0. The van der Waals surface area contributed by atoms with Gasteiger partial charge in [-0.2, -0.15) is 0 Å². The summed E-state index contributed by atoms with van der Waals surface area (Å²) < 4.78 is 0. The highest BCUT2D eigenvalue weighted by Crippen LogP contribution is 2.43. The van der Waals surface area contributed by atoms with E-state index in [2.05, 4.69) is 25.9 Å². The lowest BCUT2D eigenvalue weighted by Gasteiger charge is -2.38. The number of likely N-dealkylation sites (tertiary alicyclic amines) is 1. The zero-order valence-corrected chi connectivity index (χ0v) is 27.4. The second-order valence-corrected chi connectivity index (χ2v) is 14.1. The molecule has 1 aliphatic heterocycles. The van der Waals surface area contributed by atoms with Crippen LogP contribution >= 0.6 is 0 Å². The Morgan fingerprint density at radius 2 is 1.67 bits per heavy atom. The summed E-state index contributed by atoms with van der Waals surface area (Å²) in [5.74, 6) is -3.98. The predicted octanol–water partition coefficient (Wildman–Crippen LogP) is 1.65. The van der Waals surface area contributed by atoms with Crippen LogP contribution in [0.1, 0.15) is 102 Å². The molecule has 13 nitrogen and oxygen atoms in total. The first-order valence-electron chi connectivity index (χ1n) is 16.6. The molecule has 0 aromatic carbocycles. The maximum atomic E-state index is 14.5. The highest BCUT2D eigenvalue weighted by molar-refractivity contribution is 6.37. The van der Waals surface area contributed by atoms with E-state index in [9.17, 15) is 28.8 Å². The summed E-state index contributed by atoms with van der Waals surface area (Å²) in [7, 11) is 0. The van der Waals surface area contributed by atoms with Crippen molar-refractivity contribution in [2.24, 2.45) is 28.9 Å². The Labute approximate surface area is 270 Å². The van der Waals surface area contributed by atoms with Crippen molar-refractivity contribution in [3.63, 3.8) is 0 Å². The number of carbonyl (C=O) groups excluding carboxylic acids is 6. The Morgan fingerprint density at radius 3 is 2.28 bits per heavy atom. The zero-order chi connectivity index (χ0) is 33.6. The molecule has 3 aliphatic rings. The molecule has 5 amide bonds. The van der Waals surface area contributed by atoms with E-state index in [-0.39, 0.29) is 29.9 Å². The van der Waals surface area contributed by atoms with E-state index in [0.717, 1.165) is 51.4 Å². The van der Waals surface area contributed by atoms with Crippen molar-refractivity contribution in [1.82, 2.24) is 30.8 Å². The van der Waals surface area contributed by atoms with Crippen LogP contribution in [0.25, 0.3) is 0 Å². The number of fused-ring (bicyclic) bond motifs is 1. The number of aromatic nitrogens is 2. The predicted molar refractivity (Wildman–Crippen MR) is 169 cm³/mol. The molecule has 252 valence electrons. The number of amides is 5. The second-order valence-electron chi connectivity index (χ2n) is 14.1. The van der Waals surface area contributed by atoms with Crippen molar-refractivity contribution in [1.29, 1.82) is 0 Å². The fraction of sp³-hybridized carbons (Fsp3) is 0.697. The fourth-order valence-corrected chi connectivity index (χ4v) is 7.40. The molecule has 1 aromatic heterocycles. The molecule has 1 aromatic rings. The van der Waals surface area contributed by atoms with Crippen LogP contribution in [0.15, 0.2) is 18.6 Å². The van der Waals surface area contributed by atoms with Crippen LogP contribution in [0.5, 0.6) is 0 Å². The smallest absolute Gasteiger partial charge is 0.287 e. The van der Waals surface area contributed by atoms with Gasteiger partial charge in [0.2, 0.25) is 23.5 Å². The van der Waals surface area contributed by atoms with Crippen LogP contribution in [0, 0.1) is 23.2 Å². The van der Waals surface area contributed by atoms with Crippen LogP contribution in [0.4, 0.5) is 0 Å². The van der Waals surface area contributed by atoms with Crippen molar-refractivity contribution in [3.05, 3.63) is 24.3 Å². The summed E-state index contributed by atoms with van der Waals surface area (Å²) in [6.45, 7) is 7.72. The molecule has 1 unspecified atom stereocenters. The minimum Gasteiger partial charge on any atom is -0.363 e. The normalized spacial score (nSPS) is 23.5. The molecule has 0 radical (unpaired) electrons. The lowest BCUT2D eigenvalue weighted by atomic mass is 9.82. The SMILES string of the molecule is CCC[C@@H](NC(=O)C1[C@H]2CCC[C@H]2CN1C(=O)[C@@H](NC(=O)[C@@H](NC(=O)c1cnccn1)C1CCCCC1)C(C)(C)C)C(=O)C(N)=O. The maximum absolute atomic E-state index is 14.5. The van der Waals surface area contributed by atoms with Gasteiger partial charge < -0.3 is 26.6 Å². The van der Waals surface area contributed by atoms with Gasteiger partial charge in [-0.15, -0.1) is 0 Å². The molecule has 2 aliphatic carbocycles. The Bertz CT molecular complexity index is 1290. The molecule has 4 rings (SSSR count). The number of rotatable bonds is 12. The van der Waals surface area contributed by atoms with Crippen LogP contribution < -0.4 is 21.7 Å². The largest absolute Gasteiger partial charge is 0.363 e. The standard InChI is InChI=1S/C33H49N7O6/c1-5-10-22(26(41)28(34)42)37-31(45)25-21-14-9-13-20(21)18-40(25)32(46)27(33(2,3)4)39-30(44)24(19-11-7-6-8-12-19)38-29(43)23-17-35-15-16-36-23/h15-17,19-22,24-25,27H,5-14,18H2,1-4H3,(H2,34,42)(H,37,45)(H,38,43)(H,39,44)/t20-,21-,22+,24-,25?,27+/m0/s1. The number of carbonyl (C=O) groups is 6. The van der Waals surface area contributed by atoms with Gasteiger partial charge in [0.25, 0.3) is 11.8 Å². The minimum absolute atomic E-state index is 0.0909. The molecule has 2 heterocycles. The van der Waals surface area contributed by atoms with E-state index in [1.165, 1.54) is 18.6 Å². The molecule has 3 fully saturated rings. The third-order valence-corrected chi connectivity index (χ3v) is 9.78. The van der Waals surface area contributed by atoms with Crippen LogP contribution in [-0.2, 0) is 24.0 Å². The van der Waals surface area contributed by atoms with Crippen molar-refractivity contribution in [2.75, 3.05) is 6.54 Å². The molecule has 46 heavy (non-hydrogen) atoms. The quantitative estimate of drug-likeness (QED) is 0.248. The minimum atomic E-state index is -1.12. The van der Waals surface area contributed by atoms with Gasteiger partial charge >= 0.3 is 0 Å². The van der Waals surface area contributed by atoms with Gasteiger partial charge in [0, 0.05) is 18.9 Å². The summed E-state index contributed by atoms with van der Waals surface area (Å²) in [4.78, 5) is 89.2. The molecule has 5 N–H and O–H groups in total. The Morgan fingerprint density at radius 1 is 0.957 bits per heavy atom. The Balaban J connectivity index is 1.58. The van der Waals surface area contributed by atoms with Crippen molar-refractivity contribution in [3.8, 4) is 0 Å². The van der Waals surface area contributed by atoms with E-state index >= 15 is 0 Å². The summed E-state index contributed by atoms with van der Waals surface area (Å²) in [6, 6.07) is -3.82. The first-order chi connectivity index (χ1) is 21.8. The van der Waals surface area contributed by atoms with Crippen LogP contribution in [0.2, 0.25) is 0 Å². The number of nitrogens with zero attached hydrogens (tertiary/aromatic N) is 3. The van der Waals surface area contributed by atoms with Crippen molar-refractivity contribution < 1.29 is 28.8 Å². The second kappa shape index (κ2) is 15.1. The average molecular weight is 640 g/mol. The summed E-state index contributed by atoms with van der Waals surface area (Å²) >= 11 is 0. The fourth-order valence-electron chi connectivity index (χ4n) is 7.40. The lowest BCUT2D eigenvalue weighted by molar-refractivity contribution is -0.146. The van der Waals surface area contributed by atoms with E-state index in [0.29, 0.717) is 13.0 Å². The third-order valence-electron chi connectivity index (χ3n) is 9.78. The summed E-state index contributed by atoms with van der Waals surface area (Å²) in [5.41, 5.74) is 4.60. The number of nitrogens with two attached hydrogens (primary N) is 1. The molecule has 13 heteroatoms. The number of hydrogen-bond acceptors (Lipinski definition) is 8. The molecule has 0 bridgehead atoms. The molecule has 6 atom stereocenters. The molecule has 2 saturated carbocycles. The van der Waals surface area contributed by atoms with Gasteiger partial charge in [-0.05, 0) is 55.3 Å². The lowest BCUT2D eigenvalue weighted by Crippen LogP contribution is -2.62. The van der Waals surface area contributed by atoms with E-state index < -0.39 is 64.9 Å². The van der Waals surface area contributed by atoms with Gasteiger partial charge in [0.15, 0.2) is 0 Å². The van der Waals surface area contributed by atoms with Gasteiger partial charge in [-0.25, -0.2) is 4.98 Å². The van der Waals surface area contributed by atoms with Crippen LogP contribution in [0.3, 0.4) is 0 Å². The Hall–Kier alpha value is -3.90. The zero-order valence-electron chi connectivity index (χ0n) is 27.4. The number of nitrogens with one attached hydrogen (secondary N) is 3. The van der Waals surface area contributed by atoms with E-state index in [4.69, 9.17) is 5.73 Å².